The minimum atomic E-state index is -3.50. The second-order valence-electron chi connectivity index (χ2n) is 6.25. The fourth-order valence-corrected chi connectivity index (χ4v) is 5.51. The molecule has 1 aromatic rings. The Hall–Kier alpha value is -0.910. The van der Waals surface area contributed by atoms with Gasteiger partial charge in [-0.2, -0.15) is 4.31 Å². The smallest absolute Gasteiger partial charge is 0.245 e. The summed E-state index contributed by atoms with van der Waals surface area (Å²) in [5.41, 5.74) is 0.452. The molecule has 2 heterocycles. The molecule has 3 rings (SSSR count). The van der Waals surface area contributed by atoms with E-state index in [0.29, 0.717) is 11.5 Å². The summed E-state index contributed by atoms with van der Waals surface area (Å²) >= 11 is 0. The van der Waals surface area contributed by atoms with E-state index in [1.165, 1.54) is 0 Å². The lowest BCUT2D eigenvalue weighted by Gasteiger charge is -2.41. The normalized spacial score (nSPS) is 30.9. The van der Waals surface area contributed by atoms with E-state index in [4.69, 9.17) is 4.74 Å². The second-order valence-corrected chi connectivity index (χ2v) is 8.07. The maximum Gasteiger partial charge on any atom is 0.245 e. The summed E-state index contributed by atoms with van der Waals surface area (Å²) in [5.74, 6) is 0. The summed E-state index contributed by atoms with van der Waals surface area (Å²) < 4.78 is 33.8. The number of ether oxygens (including phenoxy) is 1. The van der Waals surface area contributed by atoms with Gasteiger partial charge in [-0.1, -0.05) is 17.7 Å². The van der Waals surface area contributed by atoms with Crippen LogP contribution in [0.25, 0.3) is 0 Å². The van der Waals surface area contributed by atoms with Crippen molar-refractivity contribution in [1.29, 1.82) is 0 Å². The van der Waals surface area contributed by atoms with E-state index >= 15 is 0 Å². The third-order valence-electron chi connectivity index (χ3n) is 4.67. The van der Waals surface area contributed by atoms with E-state index in [1.807, 2.05) is 26.0 Å². The highest BCUT2D eigenvalue weighted by molar-refractivity contribution is 7.89. The van der Waals surface area contributed by atoms with Crippen LogP contribution in [-0.2, 0) is 14.8 Å². The molecule has 0 aliphatic carbocycles. The first-order valence-corrected chi connectivity index (χ1v) is 9.15. The minimum Gasteiger partial charge on any atom is -0.359 e. The monoisotopic (exact) mass is 309 g/mol. The lowest BCUT2D eigenvalue weighted by molar-refractivity contribution is -0.134. The number of aryl methyl sites for hydroxylation is 1. The standard InChI is InChI=1S/C16H23NO3S/c1-13-5-7-15(8-6-13)21(18,19)17-14(2)9-11-16(17)10-3-4-12-20-16/h5-8,14H,3-4,9-12H2,1-2H3/t14-,16-/m1/s1. The third-order valence-corrected chi connectivity index (χ3v) is 6.74. The zero-order chi connectivity index (χ0) is 15.1. The van der Waals surface area contributed by atoms with Crippen LogP contribution in [0.1, 0.15) is 44.6 Å². The van der Waals surface area contributed by atoms with Crippen molar-refractivity contribution in [3.8, 4) is 0 Å². The van der Waals surface area contributed by atoms with Crippen LogP contribution in [0.2, 0.25) is 0 Å². The van der Waals surface area contributed by atoms with Gasteiger partial charge in [0, 0.05) is 12.6 Å². The Bertz CT molecular complexity index is 597. The van der Waals surface area contributed by atoms with Gasteiger partial charge in [0.05, 0.1) is 4.90 Å². The maximum absolute atomic E-state index is 13.1. The molecule has 0 bridgehead atoms. The van der Waals surface area contributed by atoms with Crippen LogP contribution in [0.3, 0.4) is 0 Å². The topological polar surface area (TPSA) is 46.6 Å². The molecule has 0 saturated carbocycles. The highest BCUT2D eigenvalue weighted by atomic mass is 32.2. The molecule has 2 aliphatic heterocycles. The molecule has 2 atom stereocenters. The Morgan fingerprint density at radius 3 is 2.52 bits per heavy atom. The summed E-state index contributed by atoms with van der Waals surface area (Å²) in [6.07, 6.45) is 4.54. The summed E-state index contributed by atoms with van der Waals surface area (Å²) in [5, 5.41) is 0. The molecule has 116 valence electrons. The predicted octanol–water partition coefficient (Wildman–Crippen LogP) is 3.06. The number of nitrogens with zero attached hydrogens (tertiary/aromatic N) is 1. The van der Waals surface area contributed by atoms with Crippen LogP contribution in [-0.4, -0.2) is 31.1 Å². The predicted molar refractivity (Wildman–Crippen MR) is 81.4 cm³/mol. The first-order chi connectivity index (χ1) is 9.96. The molecule has 21 heavy (non-hydrogen) atoms. The van der Waals surface area contributed by atoms with Crippen molar-refractivity contribution in [2.75, 3.05) is 6.61 Å². The molecule has 0 amide bonds. The highest BCUT2D eigenvalue weighted by Gasteiger charge is 2.52. The Kier molecular flexibility index (Phi) is 3.84. The molecular formula is C16H23NO3S. The van der Waals surface area contributed by atoms with Crippen LogP contribution in [0.4, 0.5) is 0 Å². The van der Waals surface area contributed by atoms with Gasteiger partial charge >= 0.3 is 0 Å². The number of hydrogen-bond acceptors (Lipinski definition) is 3. The second kappa shape index (κ2) is 5.38. The molecule has 1 spiro atoms. The average Bonchev–Trinajstić information content (AvgIpc) is 2.77. The maximum atomic E-state index is 13.1. The molecule has 2 fully saturated rings. The first kappa shape index (κ1) is 15.0. The molecular weight excluding hydrogens is 286 g/mol. The average molecular weight is 309 g/mol. The van der Waals surface area contributed by atoms with Gasteiger partial charge in [-0.25, -0.2) is 8.42 Å². The van der Waals surface area contributed by atoms with Crippen LogP contribution in [0.5, 0.6) is 0 Å². The van der Waals surface area contributed by atoms with E-state index in [9.17, 15) is 8.42 Å². The van der Waals surface area contributed by atoms with Crippen molar-refractivity contribution in [3.63, 3.8) is 0 Å². The van der Waals surface area contributed by atoms with E-state index in [1.54, 1.807) is 16.4 Å². The largest absolute Gasteiger partial charge is 0.359 e. The van der Waals surface area contributed by atoms with Crippen LogP contribution in [0, 0.1) is 6.92 Å². The quantitative estimate of drug-likeness (QED) is 0.843. The zero-order valence-corrected chi connectivity index (χ0v) is 13.5. The number of sulfonamides is 1. The van der Waals surface area contributed by atoms with Gasteiger partial charge in [0.1, 0.15) is 5.72 Å². The fraction of sp³-hybridized carbons (Fsp3) is 0.625. The molecule has 2 aliphatic rings. The zero-order valence-electron chi connectivity index (χ0n) is 12.7. The Balaban J connectivity index is 2.01. The number of hydrogen-bond donors (Lipinski definition) is 0. The molecule has 0 unspecified atom stereocenters. The van der Waals surface area contributed by atoms with E-state index < -0.39 is 15.7 Å². The number of rotatable bonds is 2. The van der Waals surface area contributed by atoms with E-state index in [0.717, 1.165) is 37.7 Å². The van der Waals surface area contributed by atoms with E-state index in [2.05, 4.69) is 0 Å². The van der Waals surface area contributed by atoms with Crippen molar-refractivity contribution in [2.24, 2.45) is 0 Å². The minimum absolute atomic E-state index is 0.00518. The molecule has 1 aromatic carbocycles. The van der Waals surface area contributed by atoms with Gasteiger partial charge in [0.15, 0.2) is 0 Å². The molecule has 0 N–H and O–H groups in total. The molecule has 4 nitrogen and oxygen atoms in total. The van der Waals surface area contributed by atoms with Gasteiger partial charge in [-0.15, -0.1) is 0 Å². The van der Waals surface area contributed by atoms with Gasteiger partial charge in [-0.05, 0) is 58.1 Å². The van der Waals surface area contributed by atoms with Gasteiger partial charge < -0.3 is 4.74 Å². The molecule has 0 aromatic heterocycles. The molecule has 5 heteroatoms. The van der Waals surface area contributed by atoms with Gasteiger partial charge in [0.25, 0.3) is 0 Å². The highest BCUT2D eigenvalue weighted by Crippen LogP contribution is 2.44. The Morgan fingerprint density at radius 2 is 1.90 bits per heavy atom. The van der Waals surface area contributed by atoms with Crippen molar-refractivity contribution >= 4 is 10.0 Å². The Labute approximate surface area is 127 Å². The summed E-state index contributed by atoms with van der Waals surface area (Å²) in [4.78, 5) is 0.371. The van der Waals surface area contributed by atoms with Gasteiger partial charge in [-0.3, -0.25) is 0 Å². The first-order valence-electron chi connectivity index (χ1n) is 7.71. The van der Waals surface area contributed by atoms with Crippen molar-refractivity contribution in [3.05, 3.63) is 29.8 Å². The SMILES string of the molecule is Cc1ccc(S(=O)(=O)N2[C@H](C)CC[C@]23CCCCO3)cc1. The van der Waals surface area contributed by atoms with Crippen LogP contribution >= 0.6 is 0 Å². The third kappa shape index (κ3) is 2.51. The van der Waals surface area contributed by atoms with Gasteiger partial charge in [0.2, 0.25) is 10.0 Å². The summed E-state index contributed by atoms with van der Waals surface area (Å²) in [6, 6.07) is 7.09. The van der Waals surface area contributed by atoms with Crippen LogP contribution in [0.15, 0.2) is 29.2 Å². The summed E-state index contributed by atoms with van der Waals surface area (Å²) in [7, 11) is -3.50. The lowest BCUT2D eigenvalue weighted by atomic mass is 10.0. The van der Waals surface area contributed by atoms with E-state index in [-0.39, 0.29) is 6.04 Å². The summed E-state index contributed by atoms with van der Waals surface area (Å²) in [6.45, 7) is 4.60. The van der Waals surface area contributed by atoms with Crippen molar-refractivity contribution < 1.29 is 13.2 Å². The van der Waals surface area contributed by atoms with Crippen molar-refractivity contribution in [1.82, 2.24) is 4.31 Å². The lowest BCUT2D eigenvalue weighted by Crippen LogP contribution is -2.53. The number of benzene rings is 1. The fourth-order valence-electron chi connectivity index (χ4n) is 3.55. The Morgan fingerprint density at radius 1 is 1.19 bits per heavy atom. The molecule has 0 radical (unpaired) electrons. The van der Waals surface area contributed by atoms with Crippen LogP contribution < -0.4 is 0 Å². The van der Waals surface area contributed by atoms with Crippen molar-refractivity contribution in [2.45, 2.75) is 62.6 Å². The molecule has 2 saturated heterocycles.